The van der Waals surface area contributed by atoms with Crippen LogP contribution in [-0.2, 0) is 6.18 Å². The minimum Gasteiger partial charge on any atom is -0.478 e. The van der Waals surface area contributed by atoms with E-state index < -0.39 is 23.3 Å². The summed E-state index contributed by atoms with van der Waals surface area (Å²) >= 11 is 0. The Morgan fingerprint density at radius 2 is 2.05 bits per heavy atom. The van der Waals surface area contributed by atoms with E-state index in [-0.39, 0.29) is 11.6 Å². The third-order valence-electron chi connectivity index (χ3n) is 2.43. The first kappa shape index (κ1) is 13.9. The second kappa shape index (κ2) is 4.87. The highest BCUT2D eigenvalue weighted by molar-refractivity contribution is 5.89. The number of aryl methyl sites for hydroxylation is 1. The fourth-order valence-electron chi connectivity index (χ4n) is 1.57. The molecule has 0 bridgehead atoms. The summed E-state index contributed by atoms with van der Waals surface area (Å²) in [4.78, 5) is 10.8. The van der Waals surface area contributed by atoms with Crippen molar-refractivity contribution >= 4 is 5.97 Å². The first-order valence-electron chi connectivity index (χ1n) is 5.42. The normalized spacial score (nSPS) is 11.4. The highest BCUT2D eigenvalue weighted by Crippen LogP contribution is 2.35. The number of H-pyrrole nitrogens is 1. The first-order chi connectivity index (χ1) is 9.27. The maximum absolute atomic E-state index is 12.8. The van der Waals surface area contributed by atoms with Crippen LogP contribution in [0.3, 0.4) is 0 Å². The smallest absolute Gasteiger partial charge is 0.417 e. The van der Waals surface area contributed by atoms with Crippen LogP contribution in [0.15, 0.2) is 24.3 Å². The van der Waals surface area contributed by atoms with E-state index in [0.29, 0.717) is 11.8 Å². The van der Waals surface area contributed by atoms with Gasteiger partial charge in [0.25, 0.3) is 0 Å². The number of nitrogens with one attached hydrogen (secondary N) is 1. The topological polar surface area (TPSA) is 75.2 Å². The molecule has 2 aromatic rings. The van der Waals surface area contributed by atoms with Gasteiger partial charge in [0.05, 0.1) is 11.1 Å². The van der Waals surface area contributed by atoms with Crippen LogP contribution in [-0.4, -0.2) is 21.3 Å². The number of aromatic carboxylic acids is 1. The van der Waals surface area contributed by atoms with Crippen LogP contribution >= 0.6 is 0 Å². The van der Waals surface area contributed by atoms with Gasteiger partial charge in [0.1, 0.15) is 5.75 Å². The Morgan fingerprint density at radius 3 is 2.55 bits per heavy atom. The molecule has 0 saturated carbocycles. The predicted octanol–water partition coefficient (Wildman–Crippen LogP) is 3.23. The van der Waals surface area contributed by atoms with E-state index in [0.717, 1.165) is 12.1 Å². The summed E-state index contributed by atoms with van der Waals surface area (Å²) in [5.74, 6) is -1.70. The minimum absolute atomic E-state index is 0.0960. The van der Waals surface area contributed by atoms with Crippen molar-refractivity contribution < 1.29 is 27.8 Å². The number of carboxylic acids is 1. The quantitative estimate of drug-likeness (QED) is 0.908. The zero-order valence-electron chi connectivity index (χ0n) is 10.2. The monoisotopic (exact) mass is 286 g/mol. The fourth-order valence-corrected chi connectivity index (χ4v) is 1.57. The molecule has 0 unspecified atom stereocenters. The molecule has 20 heavy (non-hydrogen) atoms. The van der Waals surface area contributed by atoms with Gasteiger partial charge < -0.3 is 9.84 Å². The molecule has 8 heteroatoms. The highest BCUT2D eigenvalue weighted by atomic mass is 19.4. The van der Waals surface area contributed by atoms with E-state index in [4.69, 9.17) is 9.84 Å². The van der Waals surface area contributed by atoms with Crippen LogP contribution in [0.1, 0.15) is 21.6 Å². The molecule has 0 amide bonds. The molecule has 1 aromatic carbocycles. The van der Waals surface area contributed by atoms with Gasteiger partial charge in [-0.2, -0.15) is 13.2 Å². The number of halogens is 3. The molecule has 0 atom stereocenters. The van der Waals surface area contributed by atoms with Crippen LogP contribution in [0.5, 0.6) is 11.6 Å². The molecular weight excluding hydrogens is 277 g/mol. The van der Waals surface area contributed by atoms with Crippen molar-refractivity contribution in [1.29, 1.82) is 0 Å². The number of aromatic amines is 1. The van der Waals surface area contributed by atoms with E-state index >= 15 is 0 Å². The summed E-state index contributed by atoms with van der Waals surface area (Å²) < 4.78 is 43.5. The number of benzene rings is 1. The molecule has 0 fully saturated rings. The summed E-state index contributed by atoms with van der Waals surface area (Å²) in [5, 5.41) is 15.0. The third-order valence-corrected chi connectivity index (χ3v) is 2.43. The molecule has 106 valence electrons. The SMILES string of the molecule is Cc1cc(Oc2ccc(C(=O)O)c(C(F)(F)F)c2)n[nH]1. The van der Waals surface area contributed by atoms with Gasteiger partial charge in [0, 0.05) is 11.8 Å². The maximum Gasteiger partial charge on any atom is 0.417 e. The average molecular weight is 286 g/mol. The lowest BCUT2D eigenvalue weighted by Gasteiger charge is -2.11. The van der Waals surface area contributed by atoms with Gasteiger partial charge in [-0.15, -0.1) is 5.10 Å². The van der Waals surface area contributed by atoms with Crippen LogP contribution in [0.25, 0.3) is 0 Å². The molecule has 0 saturated heterocycles. The van der Waals surface area contributed by atoms with Crippen LogP contribution in [0, 0.1) is 6.92 Å². The summed E-state index contributed by atoms with van der Waals surface area (Å²) in [6.45, 7) is 1.70. The number of carboxylic acid groups (broad SMARTS) is 1. The number of aromatic nitrogens is 2. The molecule has 5 nitrogen and oxygen atoms in total. The van der Waals surface area contributed by atoms with E-state index in [9.17, 15) is 18.0 Å². The van der Waals surface area contributed by atoms with Gasteiger partial charge in [-0.05, 0) is 25.1 Å². The lowest BCUT2D eigenvalue weighted by atomic mass is 10.1. The van der Waals surface area contributed by atoms with E-state index in [1.165, 1.54) is 6.07 Å². The molecule has 0 spiro atoms. The Bertz CT molecular complexity index is 650. The van der Waals surface area contributed by atoms with Gasteiger partial charge in [0.2, 0.25) is 5.88 Å². The maximum atomic E-state index is 12.8. The molecule has 1 aromatic heterocycles. The highest BCUT2D eigenvalue weighted by Gasteiger charge is 2.35. The number of ether oxygens (including phenoxy) is 1. The van der Waals surface area contributed by atoms with Crippen molar-refractivity contribution in [1.82, 2.24) is 10.2 Å². The van der Waals surface area contributed by atoms with Crippen molar-refractivity contribution in [3.63, 3.8) is 0 Å². The van der Waals surface area contributed by atoms with Crippen LogP contribution < -0.4 is 4.74 Å². The second-order valence-electron chi connectivity index (χ2n) is 4.00. The standard InChI is InChI=1S/C12H9F3N2O3/c1-6-4-10(17-16-6)20-7-2-3-8(11(18)19)9(5-7)12(13,14)15/h2-5H,1H3,(H,16,17)(H,18,19). The number of hydrogen-bond donors (Lipinski definition) is 2. The molecule has 1 heterocycles. The molecule has 2 N–H and O–H groups in total. The lowest BCUT2D eigenvalue weighted by Crippen LogP contribution is -2.12. The summed E-state index contributed by atoms with van der Waals surface area (Å²) in [6.07, 6.45) is -4.78. The molecule has 0 aliphatic rings. The Morgan fingerprint density at radius 1 is 1.35 bits per heavy atom. The summed E-state index contributed by atoms with van der Waals surface area (Å²) in [6, 6.07) is 4.12. The van der Waals surface area contributed by atoms with E-state index in [2.05, 4.69) is 10.2 Å². The Labute approximate surface area is 111 Å². The minimum atomic E-state index is -4.78. The summed E-state index contributed by atoms with van der Waals surface area (Å²) in [7, 11) is 0. The van der Waals surface area contributed by atoms with Crippen LogP contribution in [0.2, 0.25) is 0 Å². The first-order valence-corrected chi connectivity index (χ1v) is 5.42. The largest absolute Gasteiger partial charge is 0.478 e. The zero-order valence-corrected chi connectivity index (χ0v) is 10.2. The number of rotatable bonds is 3. The van der Waals surface area contributed by atoms with E-state index in [1.807, 2.05) is 0 Å². The number of alkyl halides is 3. The Hall–Kier alpha value is -2.51. The predicted molar refractivity (Wildman–Crippen MR) is 61.8 cm³/mol. The number of carbonyl (C=O) groups is 1. The van der Waals surface area contributed by atoms with Crippen molar-refractivity contribution in [2.24, 2.45) is 0 Å². The number of hydrogen-bond acceptors (Lipinski definition) is 3. The number of nitrogens with zero attached hydrogens (tertiary/aromatic N) is 1. The van der Waals surface area contributed by atoms with Gasteiger partial charge in [-0.3, -0.25) is 5.10 Å². The zero-order chi connectivity index (χ0) is 14.9. The van der Waals surface area contributed by atoms with Crippen molar-refractivity contribution in [3.05, 3.63) is 41.1 Å². The van der Waals surface area contributed by atoms with Gasteiger partial charge in [-0.1, -0.05) is 0 Å². The molecule has 2 rings (SSSR count). The van der Waals surface area contributed by atoms with Crippen molar-refractivity contribution in [2.45, 2.75) is 13.1 Å². The summed E-state index contributed by atoms with van der Waals surface area (Å²) in [5.41, 5.74) is -1.42. The molecule has 0 radical (unpaired) electrons. The van der Waals surface area contributed by atoms with Gasteiger partial charge in [-0.25, -0.2) is 4.79 Å². The van der Waals surface area contributed by atoms with Gasteiger partial charge >= 0.3 is 12.1 Å². The molecule has 0 aliphatic carbocycles. The van der Waals surface area contributed by atoms with Crippen molar-refractivity contribution in [3.8, 4) is 11.6 Å². The Balaban J connectivity index is 2.39. The molecule has 0 aliphatic heterocycles. The van der Waals surface area contributed by atoms with E-state index in [1.54, 1.807) is 6.92 Å². The van der Waals surface area contributed by atoms with Crippen LogP contribution in [0.4, 0.5) is 13.2 Å². The second-order valence-corrected chi connectivity index (χ2v) is 4.00. The molecular formula is C12H9F3N2O3. The lowest BCUT2D eigenvalue weighted by molar-refractivity contribution is -0.138. The van der Waals surface area contributed by atoms with Crippen molar-refractivity contribution in [2.75, 3.05) is 0 Å². The fraction of sp³-hybridized carbons (Fsp3) is 0.167. The van der Waals surface area contributed by atoms with Gasteiger partial charge in [0.15, 0.2) is 0 Å². The Kier molecular flexibility index (Phi) is 3.39. The average Bonchev–Trinajstić information content (AvgIpc) is 2.73. The third kappa shape index (κ3) is 2.90.